The van der Waals surface area contributed by atoms with E-state index in [0.29, 0.717) is 38.0 Å². The maximum Gasteiger partial charge on any atom is 0.281 e. The van der Waals surface area contributed by atoms with Crippen LogP contribution in [0.5, 0.6) is 0 Å². The summed E-state index contributed by atoms with van der Waals surface area (Å²) in [5.74, 6) is 2.80. The van der Waals surface area contributed by atoms with Gasteiger partial charge in [-0.2, -0.15) is 17.0 Å². The van der Waals surface area contributed by atoms with E-state index >= 15 is 0 Å². The summed E-state index contributed by atoms with van der Waals surface area (Å²) < 4.78 is 29.8. The Morgan fingerprint density at radius 3 is 2.18 bits per heavy atom. The molecule has 1 aromatic heterocycles. The fourth-order valence-electron chi connectivity index (χ4n) is 5.54. The minimum absolute atomic E-state index is 0.411. The number of rotatable bonds is 3. The fourth-order valence-corrected chi connectivity index (χ4v) is 7.35. The number of nitrogens with zero attached hydrogens (tertiary/aromatic N) is 5. The molecule has 8 heteroatoms. The molecule has 0 radical (unpaired) electrons. The smallest absolute Gasteiger partial charge is 0.281 e. The third-order valence-corrected chi connectivity index (χ3v) is 8.96. The Hall–Kier alpha value is -1.25. The molecular weight excluding hydrogens is 374 g/mol. The second-order valence-corrected chi connectivity index (χ2v) is 10.9. The maximum absolute atomic E-state index is 13.1. The van der Waals surface area contributed by atoms with E-state index in [1.807, 2.05) is 6.92 Å². The Balaban J connectivity index is 1.29. The Kier molecular flexibility index (Phi) is 4.83. The third kappa shape index (κ3) is 3.23. The quantitative estimate of drug-likeness (QED) is 0.766. The molecular formula is C20H31N5O2S. The van der Waals surface area contributed by atoms with E-state index in [0.717, 1.165) is 63.3 Å². The number of fused-ring (bicyclic) bond motifs is 2. The molecule has 7 nitrogen and oxygen atoms in total. The zero-order valence-corrected chi connectivity index (χ0v) is 17.6. The predicted molar refractivity (Wildman–Crippen MR) is 109 cm³/mol. The average Bonchev–Trinajstić information content (AvgIpc) is 3.30. The van der Waals surface area contributed by atoms with Crippen molar-refractivity contribution < 1.29 is 8.42 Å². The predicted octanol–water partition coefficient (Wildman–Crippen LogP) is 1.76. The van der Waals surface area contributed by atoms with E-state index < -0.39 is 10.2 Å². The minimum atomic E-state index is -3.30. The molecule has 0 N–H and O–H groups in total. The van der Waals surface area contributed by atoms with Gasteiger partial charge in [0.15, 0.2) is 0 Å². The van der Waals surface area contributed by atoms with Crippen LogP contribution in [0.15, 0.2) is 0 Å². The highest BCUT2D eigenvalue weighted by molar-refractivity contribution is 7.86. The van der Waals surface area contributed by atoms with Crippen molar-refractivity contribution in [2.24, 2.45) is 11.8 Å². The lowest BCUT2D eigenvalue weighted by Crippen LogP contribution is -2.44. The zero-order valence-electron chi connectivity index (χ0n) is 16.8. The Labute approximate surface area is 168 Å². The summed E-state index contributed by atoms with van der Waals surface area (Å²) in [6, 6.07) is 0. The highest BCUT2D eigenvalue weighted by atomic mass is 32.2. The Morgan fingerprint density at radius 2 is 1.50 bits per heavy atom. The zero-order chi connectivity index (χ0) is 19.3. The molecule has 3 aliphatic heterocycles. The van der Waals surface area contributed by atoms with Crippen LogP contribution in [0.25, 0.3) is 0 Å². The van der Waals surface area contributed by atoms with Gasteiger partial charge in [-0.1, -0.05) is 12.8 Å². The largest absolute Gasteiger partial charge is 0.356 e. The summed E-state index contributed by atoms with van der Waals surface area (Å²) in [7, 11) is -3.30. The summed E-state index contributed by atoms with van der Waals surface area (Å²) >= 11 is 0. The first-order valence-electron chi connectivity index (χ1n) is 10.9. The lowest BCUT2D eigenvalue weighted by molar-refractivity contribution is 0.359. The van der Waals surface area contributed by atoms with Gasteiger partial charge in [0.2, 0.25) is 0 Å². The van der Waals surface area contributed by atoms with Gasteiger partial charge in [0, 0.05) is 50.5 Å². The van der Waals surface area contributed by atoms with Gasteiger partial charge in [-0.25, -0.2) is 9.97 Å². The summed E-state index contributed by atoms with van der Waals surface area (Å²) in [5, 5.41) is 0. The first-order valence-corrected chi connectivity index (χ1v) is 12.3. The van der Waals surface area contributed by atoms with Crippen molar-refractivity contribution in [3.8, 4) is 0 Å². The first-order chi connectivity index (χ1) is 13.5. The van der Waals surface area contributed by atoms with E-state index in [9.17, 15) is 8.42 Å². The van der Waals surface area contributed by atoms with E-state index in [2.05, 4.69) is 9.88 Å². The second-order valence-electron chi connectivity index (χ2n) is 8.94. The maximum atomic E-state index is 13.1. The van der Waals surface area contributed by atoms with E-state index in [1.165, 1.54) is 17.7 Å². The minimum Gasteiger partial charge on any atom is -0.356 e. The van der Waals surface area contributed by atoms with Crippen LogP contribution in [-0.4, -0.2) is 66.3 Å². The Bertz CT molecular complexity index is 836. The van der Waals surface area contributed by atoms with Crippen molar-refractivity contribution in [2.45, 2.75) is 51.9 Å². The number of hydrogen-bond acceptors (Lipinski definition) is 5. The molecule has 3 fully saturated rings. The van der Waals surface area contributed by atoms with Gasteiger partial charge in [0.25, 0.3) is 10.2 Å². The van der Waals surface area contributed by atoms with Crippen molar-refractivity contribution in [1.82, 2.24) is 18.6 Å². The van der Waals surface area contributed by atoms with Crippen molar-refractivity contribution in [2.75, 3.05) is 44.2 Å². The van der Waals surface area contributed by atoms with Crippen LogP contribution in [0.4, 0.5) is 5.82 Å². The molecule has 0 bridgehead atoms. The molecule has 5 rings (SSSR count). The van der Waals surface area contributed by atoms with Crippen molar-refractivity contribution in [3.63, 3.8) is 0 Å². The number of anilines is 1. The standard InChI is InChI=1S/C20H31N5O2S/c1-15-21-19-8-6-7-18(19)20(22-15)23-11-16-13-25(14-17(16)12-23)28(26,27)24-9-4-2-3-5-10-24/h16-17H,2-14H2,1H3. The fraction of sp³-hybridized carbons (Fsp3) is 0.800. The molecule has 3 saturated heterocycles. The van der Waals surface area contributed by atoms with Gasteiger partial charge >= 0.3 is 0 Å². The summed E-state index contributed by atoms with van der Waals surface area (Å²) in [6.07, 6.45) is 7.59. The van der Waals surface area contributed by atoms with Crippen LogP contribution in [0.2, 0.25) is 0 Å². The van der Waals surface area contributed by atoms with Gasteiger partial charge in [-0.3, -0.25) is 0 Å². The van der Waals surface area contributed by atoms with Crippen LogP contribution in [0, 0.1) is 18.8 Å². The van der Waals surface area contributed by atoms with Crippen molar-refractivity contribution in [1.29, 1.82) is 0 Å². The summed E-state index contributed by atoms with van der Waals surface area (Å²) in [6.45, 7) is 6.51. The molecule has 28 heavy (non-hydrogen) atoms. The van der Waals surface area contributed by atoms with Crippen LogP contribution in [-0.2, 0) is 23.1 Å². The second kappa shape index (κ2) is 7.22. The average molecular weight is 406 g/mol. The monoisotopic (exact) mass is 405 g/mol. The van der Waals surface area contributed by atoms with E-state index in [-0.39, 0.29) is 0 Å². The highest BCUT2D eigenvalue weighted by Crippen LogP contribution is 2.38. The molecule has 0 saturated carbocycles. The molecule has 154 valence electrons. The van der Waals surface area contributed by atoms with E-state index in [1.54, 1.807) is 8.61 Å². The first kappa shape index (κ1) is 18.8. The number of aryl methyl sites for hydroxylation is 2. The summed E-state index contributed by atoms with van der Waals surface area (Å²) in [4.78, 5) is 11.8. The molecule has 1 aromatic rings. The normalized spacial score (nSPS) is 29.1. The van der Waals surface area contributed by atoms with Crippen LogP contribution in [0.3, 0.4) is 0 Å². The Morgan fingerprint density at radius 1 is 0.821 bits per heavy atom. The van der Waals surface area contributed by atoms with Gasteiger partial charge < -0.3 is 4.90 Å². The summed E-state index contributed by atoms with van der Waals surface area (Å²) in [5.41, 5.74) is 2.56. The topological polar surface area (TPSA) is 69.6 Å². The van der Waals surface area contributed by atoms with Gasteiger partial charge in [0.05, 0.1) is 0 Å². The molecule has 4 aliphatic rings. The van der Waals surface area contributed by atoms with Gasteiger partial charge in [-0.05, 0) is 50.9 Å². The molecule has 2 unspecified atom stereocenters. The van der Waals surface area contributed by atoms with Crippen molar-refractivity contribution in [3.05, 3.63) is 17.1 Å². The van der Waals surface area contributed by atoms with Crippen LogP contribution < -0.4 is 4.90 Å². The van der Waals surface area contributed by atoms with Gasteiger partial charge in [-0.15, -0.1) is 0 Å². The van der Waals surface area contributed by atoms with Crippen molar-refractivity contribution >= 4 is 16.0 Å². The molecule has 2 atom stereocenters. The molecule has 0 spiro atoms. The molecule has 0 amide bonds. The number of aromatic nitrogens is 2. The lowest BCUT2D eigenvalue weighted by atomic mass is 10.0. The van der Waals surface area contributed by atoms with E-state index in [4.69, 9.17) is 4.98 Å². The van der Waals surface area contributed by atoms with Crippen LogP contribution in [0.1, 0.15) is 49.2 Å². The molecule has 0 aromatic carbocycles. The third-order valence-electron chi connectivity index (χ3n) is 6.99. The lowest BCUT2D eigenvalue weighted by Gasteiger charge is -2.28. The highest BCUT2D eigenvalue weighted by Gasteiger charge is 2.46. The van der Waals surface area contributed by atoms with Crippen LogP contribution >= 0.6 is 0 Å². The SMILES string of the molecule is Cc1nc2c(c(N3CC4CN(S(=O)(=O)N5CCCCCC5)CC4C3)n1)CCC2. The molecule has 1 aliphatic carbocycles. The number of hydrogen-bond donors (Lipinski definition) is 0. The molecule has 4 heterocycles. The van der Waals surface area contributed by atoms with Gasteiger partial charge in [0.1, 0.15) is 11.6 Å².